The Kier molecular flexibility index (Phi) is 5.11. The maximum absolute atomic E-state index is 13.4. The number of benzene rings is 2. The van der Waals surface area contributed by atoms with E-state index < -0.39 is 0 Å². The fourth-order valence-corrected chi connectivity index (χ4v) is 3.11. The first kappa shape index (κ1) is 16.5. The van der Waals surface area contributed by atoms with Crippen molar-refractivity contribution < 1.29 is 13.9 Å². The number of nitrogens with two attached hydrogens (primary N) is 1. The van der Waals surface area contributed by atoms with E-state index in [9.17, 15) is 9.18 Å². The molecule has 0 radical (unpaired) electrons. The first-order valence-corrected chi connectivity index (χ1v) is 8.10. The van der Waals surface area contributed by atoms with Crippen LogP contribution in [0.4, 0.5) is 9.18 Å². The number of ether oxygens (including phenoxy) is 1. The molecule has 0 bridgehead atoms. The molecule has 3 rings (SSSR count). The Hall–Kier alpha value is -2.40. The van der Waals surface area contributed by atoms with Crippen molar-refractivity contribution in [1.82, 2.24) is 4.90 Å². The summed E-state index contributed by atoms with van der Waals surface area (Å²) in [7, 11) is 0. The van der Waals surface area contributed by atoms with E-state index >= 15 is 0 Å². The van der Waals surface area contributed by atoms with Gasteiger partial charge in [0.25, 0.3) is 0 Å². The van der Waals surface area contributed by atoms with Gasteiger partial charge >= 0.3 is 6.09 Å². The first-order valence-electron chi connectivity index (χ1n) is 8.10. The lowest BCUT2D eigenvalue weighted by atomic mass is 9.86. The fourth-order valence-electron chi connectivity index (χ4n) is 3.11. The lowest BCUT2D eigenvalue weighted by Gasteiger charge is -2.36. The van der Waals surface area contributed by atoms with Crippen LogP contribution in [0.2, 0.25) is 0 Å². The first-order chi connectivity index (χ1) is 11.6. The van der Waals surface area contributed by atoms with E-state index in [1.165, 1.54) is 12.1 Å². The molecule has 2 unspecified atom stereocenters. The summed E-state index contributed by atoms with van der Waals surface area (Å²) in [6.07, 6.45) is 0.345. The van der Waals surface area contributed by atoms with Gasteiger partial charge in [0, 0.05) is 25.0 Å². The van der Waals surface area contributed by atoms with Crippen molar-refractivity contribution in [2.75, 3.05) is 13.1 Å². The second-order valence-corrected chi connectivity index (χ2v) is 6.10. The number of carbonyl (C=O) groups excluding carboxylic acids is 1. The molecule has 1 amide bonds. The summed E-state index contributed by atoms with van der Waals surface area (Å²) in [6.45, 7) is 1.22. The summed E-state index contributed by atoms with van der Waals surface area (Å²) >= 11 is 0. The molecule has 2 atom stereocenters. The van der Waals surface area contributed by atoms with E-state index in [-0.39, 0.29) is 30.5 Å². The van der Waals surface area contributed by atoms with E-state index in [2.05, 4.69) is 0 Å². The maximum Gasteiger partial charge on any atom is 0.410 e. The van der Waals surface area contributed by atoms with Crippen LogP contribution in [0.1, 0.15) is 23.5 Å². The highest BCUT2D eigenvalue weighted by Gasteiger charge is 2.31. The average Bonchev–Trinajstić information content (AvgIpc) is 2.60. The molecule has 24 heavy (non-hydrogen) atoms. The SMILES string of the molecule is NC1CN(C(=O)OCc2ccccc2)CCC1c1cccc(F)c1. The number of rotatable bonds is 3. The van der Waals surface area contributed by atoms with E-state index in [4.69, 9.17) is 10.5 Å². The topological polar surface area (TPSA) is 55.6 Å². The molecule has 4 nitrogen and oxygen atoms in total. The van der Waals surface area contributed by atoms with Crippen molar-refractivity contribution in [2.45, 2.75) is 25.0 Å². The van der Waals surface area contributed by atoms with Crippen molar-refractivity contribution in [3.8, 4) is 0 Å². The zero-order chi connectivity index (χ0) is 16.9. The minimum atomic E-state index is -0.355. The molecule has 1 heterocycles. The Labute approximate surface area is 141 Å². The van der Waals surface area contributed by atoms with Crippen molar-refractivity contribution in [3.05, 3.63) is 71.5 Å². The van der Waals surface area contributed by atoms with Crippen molar-refractivity contribution >= 4 is 6.09 Å². The molecule has 1 aliphatic rings. The van der Waals surface area contributed by atoms with Gasteiger partial charge in [-0.2, -0.15) is 0 Å². The van der Waals surface area contributed by atoms with E-state index in [0.717, 1.165) is 11.1 Å². The second kappa shape index (κ2) is 7.45. The largest absolute Gasteiger partial charge is 0.445 e. The van der Waals surface area contributed by atoms with Crippen molar-refractivity contribution in [2.24, 2.45) is 5.73 Å². The molecular formula is C19H21FN2O2. The number of nitrogens with zero attached hydrogens (tertiary/aromatic N) is 1. The quantitative estimate of drug-likeness (QED) is 0.941. The molecule has 0 aromatic heterocycles. The molecule has 1 saturated heterocycles. The van der Waals surface area contributed by atoms with Crippen LogP contribution in [0.25, 0.3) is 0 Å². The molecule has 2 aromatic rings. The zero-order valence-electron chi connectivity index (χ0n) is 13.4. The monoisotopic (exact) mass is 328 g/mol. The highest BCUT2D eigenvalue weighted by molar-refractivity contribution is 5.68. The van der Waals surface area contributed by atoms with Crippen LogP contribution in [-0.4, -0.2) is 30.1 Å². The minimum absolute atomic E-state index is 0.0545. The predicted molar refractivity (Wildman–Crippen MR) is 89.9 cm³/mol. The van der Waals surface area contributed by atoms with Crippen LogP contribution < -0.4 is 5.73 Å². The second-order valence-electron chi connectivity index (χ2n) is 6.10. The van der Waals surface area contributed by atoms with Gasteiger partial charge in [-0.1, -0.05) is 42.5 Å². The highest BCUT2D eigenvalue weighted by atomic mass is 19.1. The molecule has 0 saturated carbocycles. The molecule has 126 valence electrons. The number of hydrogen-bond donors (Lipinski definition) is 1. The molecule has 0 spiro atoms. The number of amides is 1. The number of likely N-dealkylation sites (tertiary alicyclic amines) is 1. The summed E-state index contributed by atoms with van der Waals surface area (Å²) in [4.78, 5) is 13.8. The molecular weight excluding hydrogens is 307 g/mol. The summed E-state index contributed by atoms with van der Waals surface area (Å²) in [5.41, 5.74) is 8.06. The molecule has 5 heteroatoms. The van der Waals surface area contributed by atoms with Crippen molar-refractivity contribution in [3.63, 3.8) is 0 Å². The van der Waals surface area contributed by atoms with Gasteiger partial charge in [0.15, 0.2) is 0 Å². The Morgan fingerprint density at radius 3 is 2.71 bits per heavy atom. The van der Waals surface area contributed by atoms with Gasteiger partial charge in [0.1, 0.15) is 12.4 Å². The normalized spacial score (nSPS) is 20.7. The third kappa shape index (κ3) is 3.92. The van der Waals surface area contributed by atoms with Gasteiger partial charge in [0.05, 0.1) is 0 Å². The molecule has 2 N–H and O–H groups in total. The van der Waals surface area contributed by atoms with E-state index in [0.29, 0.717) is 19.5 Å². The lowest BCUT2D eigenvalue weighted by Crippen LogP contribution is -2.49. The summed E-state index contributed by atoms with van der Waals surface area (Å²) in [5, 5.41) is 0. The third-order valence-corrected chi connectivity index (χ3v) is 4.40. The Morgan fingerprint density at radius 2 is 2.00 bits per heavy atom. The maximum atomic E-state index is 13.4. The highest BCUT2D eigenvalue weighted by Crippen LogP contribution is 2.28. The van der Waals surface area contributed by atoms with Crippen LogP contribution in [0.5, 0.6) is 0 Å². The molecule has 2 aromatic carbocycles. The fraction of sp³-hybridized carbons (Fsp3) is 0.316. The number of hydrogen-bond acceptors (Lipinski definition) is 3. The van der Waals surface area contributed by atoms with Gasteiger partial charge in [-0.3, -0.25) is 0 Å². The zero-order valence-corrected chi connectivity index (χ0v) is 13.4. The Bertz CT molecular complexity index is 693. The molecule has 0 aliphatic carbocycles. The smallest absolute Gasteiger partial charge is 0.410 e. The van der Waals surface area contributed by atoms with Gasteiger partial charge in [-0.25, -0.2) is 9.18 Å². The van der Waals surface area contributed by atoms with Gasteiger partial charge in [-0.05, 0) is 29.7 Å². The summed E-state index contributed by atoms with van der Waals surface area (Å²) in [5.74, 6) is -0.205. The Balaban J connectivity index is 1.56. The van der Waals surface area contributed by atoms with Crippen LogP contribution in [0.15, 0.2) is 54.6 Å². The third-order valence-electron chi connectivity index (χ3n) is 4.40. The average molecular weight is 328 g/mol. The molecule has 1 aliphatic heterocycles. The molecule has 1 fully saturated rings. The minimum Gasteiger partial charge on any atom is -0.445 e. The van der Waals surface area contributed by atoms with E-state index in [1.54, 1.807) is 11.0 Å². The summed E-state index contributed by atoms with van der Waals surface area (Å²) in [6, 6.07) is 15.8. The predicted octanol–water partition coefficient (Wildman–Crippen LogP) is 3.28. The van der Waals surface area contributed by atoms with Gasteiger partial charge < -0.3 is 15.4 Å². The number of carbonyl (C=O) groups is 1. The van der Waals surface area contributed by atoms with Crippen LogP contribution in [-0.2, 0) is 11.3 Å². The standard InChI is InChI=1S/C19H21FN2O2/c20-16-8-4-7-15(11-16)17-9-10-22(12-18(17)21)19(23)24-13-14-5-2-1-3-6-14/h1-8,11,17-18H,9-10,12-13,21H2. The number of piperidine rings is 1. The number of halogens is 1. The Morgan fingerprint density at radius 1 is 1.21 bits per heavy atom. The van der Waals surface area contributed by atoms with Crippen LogP contribution in [0.3, 0.4) is 0 Å². The van der Waals surface area contributed by atoms with Crippen LogP contribution in [0, 0.1) is 5.82 Å². The van der Waals surface area contributed by atoms with Gasteiger partial charge in [-0.15, -0.1) is 0 Å². The van der Waals surface area contributed by atoms with Gasteiger partial charge in [0.2, 0.25) is 0 Å². The van der Waals surface area contributed by atoms with E-state index in [1.807, 2.05) is 36.4 Å². The van der Waals surface area contributed by atoms with Crippen LogP contribution >= 0.6 is 0 Å². The van der Waals surface area contributed by atoms with Crippen molar-refractivity contribution in [1.29, 1.82) is 0 Å². The lowest BCUT2D eigenvalue weighted by molar-refractivity contribution is 0.0831. The summed E-state index contributed by atoms with van der Waals surface area (Å²) < 4.78 is 18.7.